The lowest BCUT2D eigenvalue weighted by Crippen LogP contribution is -1.80. The minimum atomic E-state index is 0.435. The first-order chi connectivity index (χ1) is 8.83. The van der Waals surface area contributed by atoms with E-state index in [-0.39, 0.29) is 0 Å². The highest BCUT2D eigenvalue weighted by molar-refractivity contribution is 14.1. The summed E-state index contributed by atoms with van der Waals surface area (Å²) in [6.07, 6.45) is 1.70. The fourth-order valence-electron chi connectivity index (χ4n) is 1.55. The maximum absolute atomic E-state index is 5.62. The summed E-state index contributed by atoms with van der Waals surface area (Å²) in [6.45, 7) is 0. The van der Waals surface area contributed by atoms with Gasteiger partial charge in [-0.2, -0.15) is 0 Å². The van der Waals surface area contributed by atoms with E-state index in [1.807, 2.05) is 42.5 Å². The van der Waals surface area contributed by atoms with Gasteiger partial charge in [0.2, 0.25) is 5.89 Å². The Morgan fingerprint density at radius 3 is 2.61 bits per heavy atom. The van der Waals surface area contributed by atoms with Crippen molar-refractivity contribution in [2.75, 3.05) is 0 Å². The summed E-state index contributed by atoms with van der Waals surface area (Å²) in [4.78, 5) is 4.18. The van der Waals surface area contributed by atoms with E-state index < -0.39 is 0 Å². The summed E-state index contributed by atoms with van der Waals surface area (Å²) < 4.78 is 6.75. The van der Waals surface area contributed by atoms with E-state index in [2.05, 4.69) is 37.8 Å². The molecule has 1 aromatic carbocycles. The molecule has 0 N–H and O–H groups in total. The third-order valence-corrected chi connectivity index (χ3v) is 3.05. The van der Waals surface area contributed by atoms with Gasteiger partial charge in [0.15, 0.2) is 0 Å². The van der Waals surface area contributed by atoms with Gasteiger partial charge < -0.3 is 4.42 Å². The van der Waals surface area contributed by atoms with Crippen LogP contribution in [0, 0.1) is 3.57 Å². The summed E-state index contributed by atoms with van der Waals surface area (Å²) in [5.41, 5.74) is 1.60. The van der Waals surface area contributed by atoms with Crippen LogP contribution in [0.4, 0.5) is 0 Å². The molecule has 5 heteroatoms. The molecule has 0 unspecified atom stereocenters. The summed E-state index contributed by atoms with van der Waals surface area (Å²) in [7, 11) is 0. The van der Waals surface area contributed by atoms with Gasteiger partial charge in [-0.15, -0.1) is 10.2 Å². The topological polar surface area (TPSA) is 51.8 Å². The van der Waals surface area contributed by atoms with Crippen molar-refractivity contribution in [1.82, 2.24) is 15.2 Å². The van der Waals surface area contributed by atoms with Crippen LogP contribution in [-0.4, -0.2) is 15.2 Å². The minimum Gasteiger partial charge on any atom is -0.415 e. The summed E-state index contributed by atoms with van der Waals surface area (Å²) in [6, 6.07) is 13.5. The van der Waals surface area contributed by atoms with Crippen LogP contribution in [0.3, 0.4) is 0 Å². The molecule has 2 heterocycles. The fraction of sp³-hybridized carbons (Fsp3) is 0. The standard InChI is InChI=1S/C13H8IN3O/c14-10-5-3-4-9(8-10)12-16-17-13(18-12)11-6-1-2-7-15-11/h1-8H. The monoisotopic (exact) mass is 349 g/mol. The molecule has 88 valence electrons. The average molecular weight is 349 g/mol. The largest absolute Gasteiger partial charge is 0.415 e. The Morgan fingerprint density at radius 1 is 0.944 bits per heavy atom. The summed E-state index contributed by atoms with van der Waals surface area (Å²) >= 11 is 2.25. The molecule has 0 spiro atoms. The highest BCUT2D eigenvalue weighted by atomic mass is 127. The molecular formula is C13H8IN3O. The number of halogens is 1. The van der Waals surface area contributed by atoms with Crippen LogP contribution in [0.15, 0.2) is 53.1 Å². The van der Waals surface area contributed by atoms with Crippen molar-refractivity contribution < 1.29 is 4.42 Å². The highest BCUT2D eigenvalue weighted by Crippen LogP contribution is 2.23. The molecular weight excluding hydrogens is 341 g/mol. The SMILES string of the molecule is Ic1cccc(-c2nnc(-c3ccccn3)o2)c1. The van der Waals surface area contributed by atoms with Crippen LogP contribution in [0.2, 0.25) is 0 Å². The van der Waals surface area contributed by atoms with Gasteiger partial charge in [0.05, 0.1) is 0 Å². The molecule has 0 aliphatic heterocycles. The van der Waals surface area contributed by atoms with Gasteiger partial charge in [-0.1, -0.05) is 12.1 Å². The number of pyridine rings is 1. The zero-order valence-electron chi connectivity index (χ0n) is 9.25. The predicted molar refractivity (Wildman–Crippen MR) is 75.7 cm³/mol. The molecule has 18 heavy (non-hydrogen) atoms. The van der Waals surface area contributed by atoms with Gasteiger partial charge in [0, 0.05) is 15.3 Å². The average Bonchev–Trinajstić information content (AvgIpc) is 2.89. The molecule has 0 saturated carbocycles. The lowest BCUT2D eigenvalue weighted by Gasteiger charge is -1.95. The number of hydrogen-bond acceptors (Lipinski definition) is 4. The molecule has 3 rings (SSSR count). The van der Waals surface area contributed by atoms with E-state index >= 15 is 0 Å². The Balaban J connectivity index is 2.00. The lowest BCUT2D eigenvalue weighted by atomic mass is 10.2. The first-order valence-corrected chi connectivity index (χ1v) is 6.42. The van der Waals surface area contributed by atoms with E-state index in [1.165, 1.54) is 0 Å². The van der Waals surface area contributed by atoms with Crippen molar-refractivity contribution in [3.8, 4) is 23.0 Å². The quantitative estimate of drug-likeness (QED) is 0.666. The number of nitrogens with zero attached hydrogens (tertiary/aromatic N) is 3. The van der Waals surface area contributed by atoms with Crippen LogP contribution in [0.25, 0.3) is 23.0 Å². The van der Waals surface area contributed by atoms with E-state index in [4.69, 9.17) is 4.42 Å². The predicted octanol–water partition coefficient (Wildman–Crippen LogP) is 3.40. The second kappa shape index (κ2) is 4.85. The van der Waals surface area contributed by atoms with E-state index in [0.717, 1.165) is 9.13 Å². The fourth-order valence-corrected chi connectivity index (χ4v) is 2.10. The van der Waals surface area contributed by atoms with Crippen molar-refractivity contribution >= 4 is 22.6 Å². The van der Waals surface area contributed by atoms with Crippen LogP contribution < -0.4 is 0 Å². The van der Waals surface area contributed by atoms with Crippen LogP contribution >= 0.6 is 22.6 Å². The second-order valence-corrected chi connectivity index (χ2v) is 4.88. The summed E-state index contributed by atoms with van der Waals surface area (Å²) in [5, 5.41) is 8.05. The van der Waals surface area contributed by atoms with Crippen molar-refractivity contribution in [2.24, 2.45) is 0 Å². The maximum Gasteiger partial charge on any atom is 0.266 e. The molecule has 0 aliphatic rings. The molecule has 0 atom stereocenters. The first-order valence-electron chi connectivity index (χ1n) is 5.34. The van der Waals surface area contributed by atoms with Crippen molar-refractivity contribution in [3.63, 3.8) is 0 Å². The summed E-state index contributed by atoms with van der Waals surface area (Å²) in [5.74, 6) is 0.943. The molecule has 4 nitrogen and oxygen atoms in total. The van der Waals surface area contributed by atoms with Crippen LogP contribution in [0.1, 0.15) is 0 Å². The Kier molecular flexibility index (Phi) is 3.06. The zero-order valence-corrected chi connectivity index (χ0v) is 11.4. The second-order valence-electron chi connectivity index (χ2n) is 3.64. The molecule has 0 bridgehead atoms. The minimum absolute atomic E-state index is 0.435. The van der Waals surface area contributed by atoms with Crippen LogP contribution in [0.5, 0.6) is 0 Å². The Bertz CT molecular complexity index is 667. The van der Waals surface area contributed by atoms with Crippen molar-refractivity contribution in [1.29, 1.82) is 0 Å². The van der Waals surface area contributed by atoms with E-state index in [0.29, 0.717) is 17.5 Å². The third kappa shape index (κ3) is 2.26. The van der Waals surface area contributed by atoms with Crippen LogP contribution in [-0.2, 0) is 0 Å². The molecule has 0 saturated heterocycles. The van der Waals surface area contributed by atoms with Gasteiger partial charge in [0.25, 0.3) is 5.89 Å². The van der Waals surface area contributed by atoms with Crippen molar-refractivity contribution in [3.05, 3.63) is 52.2 Å². The Hall–Kier alpha value is -1.76. The number of hydrogen-bond donors (Lipinski definition) is 0. The number of rotatable bonds is 2. The Morgan fingerprint density at radius 2 is 1.83 bits per heavy atom. The van der Waals surface area contributed by atoms with Gasteiger partial charge in [-0.25, -0.2) is 0 Å². The molecule has 2 aromatic heterocycles. The Labute approximate surface area is 117 Å². The number of aromatic nitrogens is 3. The number of benzene rings is 1. The third-order valence-electron chi connectivity index (χ3n) is 2.38. The highest BCUT2D eigenvalue weighted by Gasteiger charge is 2.10. The molecule has 3 aromatic rings. The maximum atomic E-state index is 5.62. The van der Waals surface area contributed by atoms with E-state index in [9.17, 15) is 0 Å². The van der Waals surface area contributed by atoms with Gasteiger partial charge in [-0.05, 0) is 52.9 Å². The van der Waals surface area contributed by atoms with E-state index in [1.54, 1.807) is 6.20 Å². The molecule has 0 fully saturated rings. The van der Waals surface area contributed by atoms with Gasteiger partial charge in [-0.3, -0.25) is 4.98 Å². The molecule has 0 aliphatic carbocycles. The van der Waals surface area contributed by atoms with Crippen molar-refractivity contribution in [2.45, 2.75) is 0 Å². The van der Waals surface area contributed by atoms with Gasteiger partial charge >= 0.3 is 0 Å². The first kappa shape index (κ1) is 11.3. The molecule has 0 radical (unpaired) electrons. The lowest BCUT2D eigenvalue weighted by molar-refractivity contribution is 0.582. The molecule has 0 amide bonds. The zero-order chi connectivity index (χ0) is 12.4. The normalized spacial score (nSPS) is 10.5. The van der Waals surface area contributed by atoms with Gasteiger partial charge in [0.1, 0.15) is 5.69 Å². The smallest absolute Gasteiger partial charge is 0.266 e.